The molecule has 2 radical (unpaired) electrons. The number of rotatable bonds is 7. The van der Waals surface area contributed by atoms with E-state index in [4.69, 9.17) is 17.3 Å². The third kappa shape index (κ3) is 5.68. The Hall–Kier alpha value is -0.315. The van der Waals surface area contributed by atoms with Crippen molar-refractivity contribution in [3.8, 4) is 0 Å². The van der Waals surface area contributed by atoms with Crippen LogP contribution in [-0.2, 0) is 9.47 Å². The summed E-state index contributed by atoms with van der Waals surface area (Å²) in [6.07, 6.45) is 7.39. The van der Waals surface area contributed by atoms with Gasteiger partial charge in [0.1, 0.15) is 0 Å². The molecular formula is C15H27BO3. The molecule has 1 rings (SSSR count). The highest BCUT2D eigenvalue weighted by molar-refractivity contribution is 6.08. The first-order valence-corrected chi connectivity index (χ1v) is 7.26. The lowest BCUT2D eigenvalue weighted by atomic mass is 9.96. The van der Waals surface area contributed by atoms with Crippen molar-refractivity contribution in [1.29, 1.82) is 0 Å². The highest BCUT2D eigenvalue weighted by atomic mass is 16.7. The predicted molar refractivity (Wildman–Crippen MR) is 78.2 cm³/mol. The van der Waals surface area contributed by atoms with Gasteiger partial charge >= 0.3 is 0 Å². The molecule has 0 aromatic carbocycles. The molecule has 1 aliphatic rings. The molecule has 0 aromatic heterocycles. The van der Waals surface area contributed by atoms with E-state index >= 15 is 0 Å². The second-order valence-corrected chi connectivity index (χ2v) is 5.91. The molecule has 1 saturated heterocycles. The Morgan fingerprint density at radius 2 is 1.89 bits per heavy atom. The first-order valence-electron chi connectivity index (χ1n) is 7.26. The van der Waals surface area contributed by atoms with Gasteiger partial charge in [-0.25, -0.2) is 0 Å². The van der Waals surface area contributed by atoms with E-state index in [-0.39, 0.29) is 24.2 Å². The molecule has 1 aliphatic heterocycles. The van der Waals surface area contributed by atoms with Crippen molar-refractivity contribution < 1.29 is 14.6 Å². The highest BCUT2D eigenvalue weighted by Crippen LogP contribution is 2.32. The van der Waals surface area contributed by atoms with Gasteiger partial charge in [0.2, 0.25) is 0 Å². The van der Waals surface area contributed by atoms with Crippen molar-refractivity contribution in [2.24, 2.45) is 5.92 Å². The van der Waals surface area contributed by atoms with Crippen LogP contribution in [0.4, 0.5) is 0 Å². The van der Waals surface area contributed by atoms with Crippen molar-refractivity contribution in [2.45, 2.75) is 77.4 Å². The maximum atomic E-state index is 9.44. The van der Waals surface area contributed by atoms with Crippen LogP contribution >= 0.6 is 0 Å². The molecule has 0 bridgehead atoms. The molecule has 3 nitrogen and oxygen atoms in total. The van der Waals surface area contributed by atoms with Crippen LogP contribution in [0.1, 0.15) is 47.0 Å². The fourth-order valence-corrected chi connectivity index (χ4v) is 2.26. The van der Waals surface area contributed by atoms with Crippen LogP contribution in [0.2, 0.25) is 6.32 Å². The summed E-state index contributed by atoms with van der Waals surface area (Å²) in [5, 5.41) is 9.44. The summed E-state index contributed by atoms with van der Waals surface area (Å²) >= 11 is 0. The second kappa shape index (κ2) is 7.46. The minimum Gasteiger partial charge on any atom is -0.393 e. The number of hydrogen-bond donors (Lipinski definition) is 1. The van der Waals surface area contributed by atoms with E-state index in [0.29, 0.717) is 6.32 Å². The molecule has 0 aliphatic carbocycles. The van der Waals surface area contributed by atoms with Crippen LogP contribution in [0.5, 0.6) is 0 Å². The first-order chi connectivity index (χ1) is 8.85. The van der Waals surface area contributed by atoms with Gasteiger partial charge in [-0.05, 0) is 39.5 Å². The van der Waals surface area contributed by atoms with Gasteiger partial charge in [-0.1, -0.05) is 31.8 Å². The highest BCUT2D eigenvalue weighted by Gasteiger charge is 2.39. The van der Waals surface area contributed by atoms with Crippen molar-refractivity contribution >= 4 is 7.85 Å². The zero-order valence-electron chi connectivity index (χ0n) is 12.6. The zero-order chi connectivity index (χ0) is 14.5. The summed E-state index contributed by atoms with van der Waals surface area (Å²) < 4.78 is 11.8. The molecule has 0 spiro atoms. The van der Waals surface area contributed by atoms with Gasteiger partial charge in [0.15, 0.2) is 5.79 Å². The van der Waals surface area contributed by atoms with Crippen molar-refractivity contribution in [2.75, 3.05) is 0 Å². The lowest BCUT2D eigenvalue weighted by Gasteiger charge is -2.16. The fraction of sp³-hybridized carbons (Fsp3) is 0.867. The standard InChI is InChI=1S/C15H27BO3/c1-11(12(2)17)7-5-8-13-14(9-6-10-16)19-15(3,4)18-13/h5,7,11-14,17H,6,8-10H2,1-4H3/b7-5-/t11-,12+,13-,14+/m1/s1. The molecule has 1 heterocycles. The number of aliphatic hydroxyl groups excluding tert-OH is 1. The summed E-state index contributed by atoms with van der Waals surface area (Å²) in [5.41, 5.74) is 0. The molecule has 1 N–H and O–H groups in total. The van der Waals surface area contributed by atoms with Crippen LogP contribution < -0.4 is 0 Å². The molecule has 19 heavy (non-hydrogen) atoms. The Labute approximate surface area is 118 Å². The third-order valence-electron chi connectivity index (χ3n) is 3.55. The maximum Gasteiger partial charge on any atom is 0.163 e. The minimum absolute atomic E-state index is 0.0824. The van der Waals surface area contributed by atoms with Crippen LogP contribution in [0.25, 0.3) is 0 Å². The zero-order valence-corrected chi connectivity index (χ0v) is 12.6. The van der Waals surface area contributed by atoms with E-state index in [1.165, 1.54) is 0 Å². The van der Waals surface area contributed by atoms with E-state index in [2.05, 4.69) is 6.08 Å². The lowest BCUT2D eigenvalue weighted by molar-refractivity contribution is -0.146. The van der Waals surface area contributed by atoms with Gasteiger partial charge in [0, 0.05) is 0 Å². The van der Waals surface area contributed by atoms with Gasteiger partial charge in [0.25, 0.3) is 0 Å². The van der Waals surface area contributed by atoms with E-state index in [0.717, 1.165) is 19.3 Å². The summed E-state index contributed by atoms with van der Waals surface area (Å²) in [4.78, 5) is 0. The SMILES string of the molecule is [B]CCC[C@@H]1OC(C)(C)O[C@@H]1C/C=C\[C@@H](C)[C@H](C)O. The molecule has 0 saturated carbocycles. The maximum absolute atomic E-state index is 9.44. The second-order valence-electron chi connectivity index (χ2n) is 5.91. The van der Waals surface area contributed by atoms with E-state index in [9.17, 15) is 5.11 Å². The van der Waals surface area contributed by atoms with Crippen molar-refractivity contribution in [3.63, 3.8) is 0 Å². The average Bonchev–Trinajstić information content (AvgIpc) is 2.61. The molecule has 0 unspecified atom stereocenters. The Balaban J connectivity index is 2.49. The fourth-order valence-electron chi connectivity index (χ4n) is 2.26. The Kier molecular flexibility index (Phi) is 6.57. The van der Waals surface area contributed by atoms with Crippen LogP contribution in [0, 0.1) is 5.92 Å². The van der Waals surface area contributed by atoms with Crippen LogP contribution in [0.3, 0.4) is 0 Å². The van der Waals surface area contributed by atoms with E-state index in [1.807, 2.05) is 26.8 Å². The number of aliphatic hydroxyl groups is 1. The van der Waals surface area contributed by atoms with Gasteiger partial charge in [-0.2, -0.15) is 0 Å². The van der Waals surface area contributed by atoms with E-state index < -0.39 is 5.79 Å². The van der Waals surface area contributed by atoms with Crippen molar-refractivity contribution in [1.82, 2.24) is 0 Å². The summed E-state index contributed by atoms with van der Waals surface area (Å²) in [7, 11) is 5.55. The minimum atomic E-state index is -0.506. The van der Waals surface area contributed by atoms with E-state index in [1.54, 1.807) is 6.92 Å². The third-order valence-corrected chi connectivity index (χ3v) is 3.55. The summed E-state index contributed by atoms with van der Waals surface area (Å²) in [6, 6.07) is 0. The van der Waals surface area contributed by atoms with Gasteiger partial charge in [0.05, 0.1) is 26.2 Å². The first kappa shape index (κ1) is 16.7. The average molecular weight is 266 g/mol. The predicted octanol–water partition coefficient (Wildman–Crippen LogP) is 2.84. The largest absolute Gasteiger partial charge is 0.393 e. The Bertz CT molecular complexity index is 289. The Morgan fingerprint density at radius 1 is 1.26 bits per heavy atom. The summed E-state index contributed by atoms with van der Waals surface area (Å²) in [5.74, 6) is -0.342. The van der Waals surface area contributed by atoms with Crippen LogP contribution in [-0.4, -0.2) is 37.1 Å². The number of hydrogen-bond acceptors (Lipinski definition) is 3. The van der Waals surface area contributed by atoms with Gasteiger partial charge < -0.3 is 14.6 Å². The number of ether oxygens (including phenoxy) is 2. The Morgan fingerprint density at radius 3 is 2.47 bits per heavy atom. The molecular weight excluding hydrogens is 239 g/mol. The normalized spacial score (nSPS) is 29.7. The van der Waals surface area contributed by atoms with Gasteiger partial charge in [-0.15, -0.1) is 0 Å². The summed E-state index contributed by atoms with van der Waals surface area (Å²) in [6.45, 7) is 7.70. The molecule has 108 valence electrons. The smallest absolute Gasteiger partial charge is 0.163 e. The molecule has 4 heteroatoms. The molecule has 1 fully saturated rings. The van der Waals surface area contributed by atoms with Crippen LogP contribution in [0.15, 0.2) is 12.2 Å². The van der Waals surface area contributed by atoms with Crippen molar-refractivity contribution in [3.05, 3.63) is 12.2 Å². The van der Waals surface area contributed by atoms with Gasteiger partial charge in [-0.3, -0.25) is 0 Å². The monoisotopic (exact) mass is 266 g/mol. The quantitative estimate of drug-likeness (QED) is 0.569. The molecule has 0 amide bonds. The lowest BCUT2D eigenvalue weighted by Crippen LogP contribution is -2.22. The topological polar surface area (TPSA) is 38.7 Å². The molecule has 0 aromatic rings. The molecule has 4 atom stereocenters.